The Labute approximate surface area is 184 Å². The predicted octanol–water partition coefficient (Wildman–Crippen LogP) is 3.29. The summed E-state index contributed by atoms with van der Waals surface area (Å²) >= 11 is 0. The van der Waals surface area contributed by atoms with Crippen molar-refractivity contribution in [1.29, 1.82) is 0 Å². The van der Waals surface area contributed by atoms with E-state index in [9.17, 15) is 14.4 Å². The first-order valence-electron chi connectivity index (χ1n) is 10.3. The van der Waals surface area contributed by atoms with Gasteiger partial charge in [0.15, 0.2) is 0 Å². The zero-order valence-electron chi connectivity index (χ0n) is 18.9. The van der Waals surface area contributed by atoms with Crippen molar-refractivity contribution in [3.8, 4) is 0 Å². The van der Waals surface area contributed by atoms with Crippen LogP contribution >= 0.6 is 0 Å². The molecule has 2 aromatic rings. The van der Waals surface area contributed by atoms with Crippen molar-refractivity contribution in [3.63, 3.8) is 0 Å². The van der Waals surface area contributed by atoms with Gasteiger partial charge in [0.1, 0.15) is 0 Å². The number of nitrogens with zero attached hydrogens (tertiary/aromatic N) is 1. The van der Waals surface area contributed by atoms with E-state index in [2.05, 4.69) is 16.0 Å². The number of rotatable bonds is 8. The molecule has 0 spiro atoms. The summed E-state index contributed by atoms with van der Waals surface area (Å²) in [6.45, 7) is 5.88. The molecule has 0 aliphatic carbocycles. The highest BCUT2D eigenvalue weighted by atomic mass is 16.2. The van der Waals surface area contributed by atoms with Gasteiger partial charge in [-0.25, -0.2) is 0 Å². The minimum Gasteiger partial charge on any atom is -0.376 e. The number of anilines is 2. The molecule has 0 unspecified atom stereocenters. The van der Waals surface area contributed by atoms with Crippen LogP contribution in [0.5, 0.6) is 0 Å². The van der Waals surface area contributed by atoms with Gasteiger partial charge in [-0.05, 0) is 69.2 Å². The van der Waals surface area contributed by atoms with Crippen molar-refractivity contribution < 1.29 is 14.4 Å². The first kappa shape index (κ1) is 23.9. The first-order chi connectivity index (χ1) is 14.5. The molecule has 3 amide bonds. The quantitative estimate of drug-likeness (QED) is 0.607. The Kier molecular flexibility index (Phi) is 8.19. The van der Waals surface area contributed by atoms with Gasteiger partial charge in [0.2, 0.25) is 11.8 Å². The minimum absolute atomic E-state index is 0.0699. The summed E-state index contributed by atoms with van der Waals surface area (Å²) < 4.78 is 0. The van der Waals surface area contributed by atoms with E-state index in [1.807, 2.05) is 45.0 Å². The first-order valence-corrected chi connectivity index (χ1v) is 10.3. The lowest BCUT2D eigenvalue weighted by atomic mass is 10.1. The van der Waals surface area contributed by atoms with Crippen LogP contribution in [0.15, 0.2) is 48.5 Å². The van der Waals surface area contributed by atoms with Crippen molar-refractivity contribution in [3.05, 3.63) is 59.7 Å². The Morgan fingerprint density at radius 2 is 1.61 bits per heavy atom. The van der Waals surface area contributed by atoms with E-state index in [1.54, 1.807) is 43.3 Å². The highest BCUT2D eigenvalue weighted by Gasteiger charge is 2.15. The van der Waals surface area contributed by atoms with Crippen LogP contribution in [0.3, 0.4) is 0 Å². The summed E-state index contributed by atoms with van der Waals surface area (Å²) in [5.74, 6) is -0.249. The number of hydrogen-bond acceptors (Lipinski definition) is 4. The number of hydrogen-bond donors (Lipinski definition) is 3. The smallest absolute Gasteiger partial charge is 0.251 e. The lowest BCUT2D eigenvalue weighted by Gasteiger charge is -2.20. The molecule has 7 nitrogen and oxygen atoms in total. The van der Waals surface area contributed by atoms with Crippen LogP contribution in [0.1, 0.15) is 43.1 Å². The lowest BCUT2D eigenvalue weighted by molar-refractivity contribution is -0.128. The molecule has 0 saturated carbocycles. The van der Waals surface area contributed by atoms with E-state index in [4.69, 9.17) is 0 Å². The van der Waals surface area contributed by atoms with Crippen LogP contribution in [-0.4, -0.2) is 48.8 Å². The van der Waals surface area contributed by atoms with Gasteiger partial charge >= 0.3 is 0 Å². The molecule has 0 atom stereocenters. The summed E-state index contributed by atoms with van der Waals surface area (Å²) in [6, 6.07) is 14.5. The number of amides is 3. The molecule has 166 valence electrons. The number of carbonyl (C=O) groups is 3. The van der Waals surface area contributed by atoms with Gasteiger partial charge in [-0.1, -0.05) is 12.1 Å². The molecule has 31 heavy (non-hydrogen) atoms. The normalized spacial score (nSPS) is 10.9. The van der Waals surface area contributed by atoms with Crippen molar-refractivity contribution in [2.45, 2.75) is 39.2 Å². The van der Waals surface area contributed by atoms with E-state index in [-0.39, 0.29) is 29.8 Å². The maximum Gasteiger partial charge on any atom is 0.251 e. The summed E-state index contributed by atoms with van der Waals surface area (Å²) in [4.78, 5) is 37.8. The Balaban J connectivity index is 1.85. The van der Waals surface area contributed by atoms with Gasteiger partial charge < -0.3 is 20.9 Å². The number of aryl methyl sites for hydroxylation is 1. The monoisotopic (exact) mass is 424 g/mol. The van der Waals surface area contributed by atoms with Gasteiger partial charge in [0.05, 0.1) is 6.54 Å². The zero-order chi connectivity index (χ0) is 23.0. The standard InChI is InChI=1S/C24H32N4O3/c1-24(2,3)27-23(31)18-10-12-19(13-11-18)25-16-21(29)26-20-8-6-7-17(15-20)9-14-22(30)28(4)5/h6-8,10-13,15,25H,9,14,16H2,1-5H3,(H,26,29)(H,27,31). The third-order valence-corrected chi connectivity index (χ3v) is 4.43. The van der Waals surface area contributed by atoms with Crippen LogP contribution < -0.4 is 16.0 Å². The third kappa shape index (κ3) is 8.50. The molecule has 0 aliphatic heterocycles. The zero-order valence-corrected chi connectivity index (χ0v) is 18.9. The van der Waals surface area contributed by atoms with E-state index in [0.29, 0.717) is 24.1 Å². The Hall–Kier alpha value is -3.35. The van der Waals surface area contributed by atoms with E-state index in [0.717, 1.165) is 11.3 Å². The number of benzene rings is 2. The molecular weight excluding hydrogens is 392 g/mol. The van der Waals surface area contributed by atoms with Crippen molar-refractivity contribution in [2.24, 2.45) is 0 Å². The Morgan fingerprint density at radius 1 is 0.935 bits per heavy atom. The molecule has 0 aliphatic rings. The molecule has 2 rings (SSSR count). The molecule has 0 radical (unpaired) electrons. The largest absolute Gasteiger partial charge is 0.376 e. The highest BCUT2D eigenvalue weighted by molar-refractivity contribution is 5.95. The number of nitrogens with one attached hydrogen (secondary N) is 3. The maximum absolute atomic E-state index is 12.3. The second-order valence-corrected chi connectivity index (χ2v) is 8.67. The SMILES string of the molecule is CN(C)C(=O)CCc1cccc(NC(=O)CNc2ccc(C(=O)NC(C)(C)C)cc2)c1. The summed E-state index contributed by atoms with van der Waals surface area (Å²) in [5.41, 5.74) is 2.69. The summed E-state index contributed by atoms with van der Waals surface area (Å²) in [7, 11) is 3.47. The van der Waals surface area contributed by atoms with Crippen LogP contribution in [0.4, 0.5) is 11.4 Å². The van der Waals surface area contributed by atoms with Crippen molar-refractivity contribution in [1.82, 2.24) is 10.2 Å². The third-order valence-electron chi connectivity index (χ3n) is 4.43. The molecule has 0 fully saturated rings. The fourth-order valence-electron chi connectivity index (χ4n) is 2.82. The van der Waals surface area contributed by atoms with E-state index >= 15 is 0 Å². The Bertz CT molecular complexity index is 915. The van der Waals surface area contributed by atoms with E-state index < -0.39 is 0 Å². The van der Waals surface area contributed by atoms with Crippen LogP contribution in [0, 0.1) is 0 Å². The van der Waals surface area contributed by atoms with Crippen molar-refractivity contribution in [2.75, 3.05) is 31.3 Å². The molecule has 7 heteroatoms. The second-order valence-electron chi connectivity index (χ2n) is 8.67. The topological polar surface area (TPSA) is 90.5 Å². The molecule has 0 saturated heterocycles. The van der Waals surface area contributed by atoms with Crippen LogP contribution in [0.2, 0.25) is 0 Å². The fraction of sp³-hybridized carbons (Fsp3) is 0.375. The van der Waals surface area contributed by atoms with Gasteiger partial charge in [0, 0.05) is 43.0 Å². The van der Waals surface area contributed by atoms with Gasteiger partial charge in [-0.2, -0.15) is 0 Å². The average Bonchev–Trinajstić information content (AvgIpc) is 2.69. The second kappa shape index (κ2) is 10.6. The van der Waals surface area contributed by atoms with Gasteiger partial charge in [0.25, 0.3) is 5.91 Å². The average molecular weight is 425 g/mol. The molecular formula is C24H32N4O3. The fourth-order valence-corrected chi connectivity index (χ4v) is 2.82. The van der Waals surface area contributed by atoms with Gasteiger partial charge in [-0.3, -0.25) is 14.4 Å². The molecule has 3 N–H and O–H groups in total. The molecule has 0 heterocycles. The predicted molar refractivity (Wildman–Crippen MR) is 124 cm³/mol. The summed E-state index contributed by atoms with van der Waals surface area (Å²) in [6.07, 6.45) is 1.05. The molecule has 2 aromatic carbocycles. The lowest BCUT2D eigenvalue weighted by Crippen LogP contribution is -2.40. The summed E-state index contributed by atoms with van der Waals surface area (Å²) in [5, 5.41) is 8.82. The minimum atomic E-state index is -0.300. The van der Waals surface area contributed by atoms with E-state index in [1.165, 1.54) is 0 Å². The van der Waals surface area contributed by atoms with Crippen molar-refractivity contribution >= 4 is 29.1 Å². The van der Waals surface area contributed by atoms with Gasteiger partial charge in [-0.15, -0.1) is 0 Å². The Morgan fingerprint density at radius 3 is 2.23 bits per heavy atom. The molecule has 0 bridgehead atoms. The molecule has 0 aromatic heterocycles. The number of carbonyl (C=O) groups excluding carboxylic acids is 3. The van der Waals surface area contributed by atoms with Crippen LogP contribution in [-0.2, 0) is 16.0 Å². The highest BCUT2D eigenvalue weighted by Crippen LogP contribution is 2.14. The van der Waals surface area contributed by atoms with Crippen LogP contribution in [0.25, 0.3) is 0 Å². The maximum atomic E-state index is 12.3.